The Labute approximate surface area is 217 Å². The molecule has 3 aromatic carbocycles. The lowest BCUT2D eigenvalue weighted by Crippen LogP contribution is -2.51. The van der Waals surface area contributed by atoms with Crippen molar-refractivity contribution in [1.82, 2.24) is 10.4 Å². The quantitative estimate of drug-likeness (QED) is 0.362. The highest BCUT2D eigenvalue weighted by Gasteiger charge is 2.31. The molecule has 0 bridgehead atoms. The van der Waals surface area contributed by atoms with Crippen molar-refractivity contribution in [2.75, 3.05) is 0 Å². The van der Waals surface area contributed by atoms with Crippen molar-refractivity contribution in [3.8, 4) is 5.75 Å². The average molecular weight is 502 g/mol. The third kappa shape index (κ3) is 7.35. The van der Waals surface area contributed by atoms with Crippen LogP contribution in [0.5, 0.6) is 5.75 Å². The van der Waals surface area contributed by atoms with Crippen molar-refractivity contribution in [3.63, 3.8) is 0 Å². The molecule has 1 unspecified atom stereocenters. The number of nitrogens with one attached hydrogen (secondary N) is 1. The van der Waals surface area contributed by atoms with Gasteiger partial charge in [0.25, 0.3) is 5.91 Å². The summed E-state index contributed by atoms with van der Waals surface area (Å²) >= 11 is 0. The van der Waals surface area contributed by atoms with Crippen LogP contribution < -0.4 is 15.6 Å². The van der Waals surface area contributed by atoms with Gasteiger partial charge in [0.05, 0.1) is 13.2 Å². The molecular formula is C28H31BN2O6. The fraction of sp³-hybridized carbons (Fsp3) is 0.286. The standard InChI is InChI=1S/C28H31BN2O6/c1-28(2,3)36-27(33)30-25(16-20-10-6-4-7-11-20)26(32)31(18-21-12-8-5-9-13-21)37-23-14-15-24-22(17-23)19-35-29(24)34/h4-15,17,25,34H,16,18-19H2,1-3H3,(H,30,33). The highest BCUT2D eigenvalue weighted by atomic mass is 16.7. The van der Waals surface area contributed by atoms with E-state index in [1.54, 1.807) is 39.0 Å². The Morgan fingerprint density at radius 2 is 1.68 bits per heavy atom. The molecule has 0 radical (unpaired) electrons. The summed E-state index contributed by atoms with van der Waals surface area (Å²) in [5, 5.41) is 13.9. The monoisotopic (exact) mass is 502 g/mol. The Kier molecular flexibility index (Phi) is 8.16. The summed E-state index contributed by atoms with van der Waals surface area (Å²) in [6.07, 6.45) is -0.442. The fourth-order valence-electron chi connectivity index (χ4n) is 3.97. The SMILES string of the molecule is CC(C)(C)OC(=O)NC(Cc1ccccc1)C(=O)N(Cc1ccccc1)Oc1ccc2c(c1)COB2O. The van der Waals surface area contributed by atoms with E-state index >= 15 is 0 Å². The summed E-state index contributed by atoms with van der Waals surface area (Å²) < 4.78 is 10.7. The molecule has 192 valence electrons. The van der Waals surface area contributed by atoms with Gasteiger partial charge in [0.15, 0.2) is 5.75 Å². The second-order valence-electron chi connectivity index (χ2n) is 9.86. The molecule has 1 aliphatic rings. The third-order valence-electron chi connectivity index (χ3n) is 5.68. The van der Waals surface area contributed by atoms with E-state index in [0.29, 0.717) is 11.2 Å². The minimum atomic E-state index is -0.973. The second kappa shape index (κ2) is 11.5. The molecule has 0 fully saturated rings. The maximum atomic E-state index is 13.9. The maximum absolute atomic E-state index is 13.9. The summed E-state index contributed by atoms with van der Waals surface area (Å²) in [4.78, 5) is 32.7. The molecule has 1 atom stereocenters. The van der Waals surface area contributed by atoms with Crippen LogP contribution in [0, 0.1) is 0 Å². The lowest BCUT2D eigenvalue weighted by Gasteiger charge is -2.28. The number of amides is 2. The molecule has 4 rings (SSSR count). The Balaban J connectivity index is 1.61. The van der Waals surface area contributed by atoms with Gasteiger partial charge >= 0.3 is 13.2 Å². The molecule has 1 heterocycles. The Hall–Kier alpha value is -3.82. The molecule has 8 nitrogen and oxygen atoms in total. The molecule has 0 aromatic heterocycles. The van der Waals surface area contributed by atoms with E-state index in [-0.39, 0.29) is 19.6 Å². The van der Waals surface area contributed by atoms with E-state index in [9.17, 15) is 14.6 Å². The maximum Gasteiger partial charge on any atom is 0.491 e. The van der Waals surface area contributed by atoms with Crippen LogP contribution in [-0.2, 0) is 33.8 Å². The van der Waals surface area contributed by atoms with Crippen molar-refractivity contribution in [1.29, 1.82) is 0 Å². The first-order chi connectivity index (χ1) is 17.7. The molecule has 9 heteroatoms. The van der Waals surface area contributed by atoms with Crippen LogP contribution in [-0.4, -0.2) is 40.8 Å². The summed E-state index contributed by atoms with van der Waals surface area (Å²) in [7, 11) is -0.973. The first-order valence-corrected chi connectivity index (χ1v) is 12.2. The molecular weight excluding hydrogens is 471 g/mol. The van der Waals surface area contributed by atoms with Crippen LogP contribution in [0.25, 0.3) is 0 Å². The van der Waals surface area contributed by atoms with Gasteiger partial charge in [-0.3, -0.25) is 4.79 Å². The minimum absolute atomic E-state index is 0.150. The zero-order chi connectivity index (χ0) is 26.4. The molecule has 37 heavy (non-hydrogen) atoms. The van der Waals surface area contributed by atoms with Crippen LogP contribution in [0.1, 0.15) is 37.5 Å². The molecule has 3 aromatic rings. The van der Waals surface area contributed by atoms with E-state index in [1.807, 2.05) is 60.7 Å². The van der Waals surface area contributed by atoms with E-state index < -0.39 is 30.8 Å². The number of rotatable bonds is 8. The fourth-order valence-corrected chi connectivity index (χ4v) is 3.97. The highest BCUT2D eigenvalue weighted by molar-refractivity contribution is 6.61. The smallest absolute Gasteiger partial charge is 0.444 e. The predicted molar refractivity (Wildman–Crippen MR) is 140 cm³/mol. The topological polar surface area (TPSA) is 97.3 Å². The van der Waals surface area contributed by atoms with Crippen molar-refractivity contribution < 1.29 is 28.8 Å². The Morgan fingerprint density at radius 3 is 2.32 bits per heavy atom. The number of ether oxygens (including phenoxy) is 1. The zero-order valence-electron chi connectivity index (χ0n) is 21.2. The highest BCUT2D eigenvalue weighted by Crippen LogP contribution is 2.20. The first kappa shape index (κ1) is 26.3. The lowest BCUT2D eigenvalue weighted by atomic mass is 9.80. The number of hydrogen-bond donors (Lipinski definition) is 2. The average Bonchev–Trinajstić information content (AvgIpc) is 3.23. The molecule has 0 saturated heterocycles. The van der Waals surface area contributed by atoms with E-state index in [2.05, 4.69) is 5.32 Å². The predicted octanol–water partition coefficient (Wildman–Crippen LogP) is 3.36. The van der Waals surface area contributed by atoms with Crippen LogP contribution in [0.4, 0.5) is 4.79 Å². The number of carbonyl (C=O) groups is 2. The van der Waals surface area contributed by atoms with Crippen molar-refractivity contribution in [2.45, 2.75) is 52.0 Å². The summed E-state index contributed by atoms with van der Waals surface area (Å²) in [6.45, 7) is 5.69. The third-order valence-corrected chi connectivity index (χ3v) is 5.68. The zero-order valence-corrected chi connectivity index (χ0v) is 21.2. The van der Waals surface area contributed by atoms with Gasteiger partial charge in [-0.2, -0.15) is 5.06 Å². The van der Waals surface area contributed by atoms with Crippen LogP contribution in [0.2, 0.25) is 0 Å². The second-order valence-corrected chi connectivity index (χ2v) is 9.86. The van der Waals surface area contributed by atoms with E-state index in [1.165, 1.54) is 5.06 Å². The first-order valence-electron chi connectivity index (χ1n) is 12.2. The Bertz CT molecular complexity index is 1220. The van der Waals surface area contributed by atoms with Crippen molar-refractivity contribution >= 4 is 24.6 Å². The normalized spacial score (nSPS) is 13.5. The number of alkyl carbamates (subject to hydrolysis) is 1. The van der Waals surface area contributed by atoms with Crippen LogP contribution in [0.3, 0.4) is 0 Å². The number of nitrogens with zero attached hydrogens (tertiary/aromatic N) is 1. The number of benzene rings is 3. The van der Waals surface area contributed by atoms with Gasteiger partial charge in [0, 0.05) is 6.42 Å². The number of fused-ring (bicyclic) bond motifs is 1. The van der Waals surface area contributed by atoms with Gasteiger partial charge in [0.2, 0.25) is 0 Å². The molecule has 0 saturated carbocycles. The van der Waals surface area contributed by atoms with Gasteiger partial charge in [-0.15, -0.1) is 0 Å². The van der Waals surface area contributed by atoms with Gasteiger partial charge < -0.3 is 24.6 Å². The summed E-state index contributed by atoms with van der Waals surface area (Å²) in [5.41, 5.74) is 2.46. The van der Waals surface area contributed by atoms with Gasteiger partial charge in [-0.05, 0) is 55.1 Å². The minimum Gasteiger partial charge on any atom is -0.444 e. The van der Waals surface area contributed by atoms with Crippen LogP contribution in [0.15, 0.2) is 78.9 Å². The van der Waals surface area contributed by atoms with Gasteiger partial charge in [0.1, 0.15) is 11.6 Å². The van der Waals surface area contributed by atoms with Crippen molar-refractivity contribution in [3.05, 3.63) is 95.6 Å². The molecule has 2 amide bonds. The van der Waals surface area contributed by atoms with Gasteiger partial charge in [-0.25, -0.2) is 4.79 Å². The Morgan fingerprint density at radius 1 is 1.03 bits per heavy atom. The number of hydrogen-bond acceptors (Lipinski definition) is 6. The van der Waals surface area contributed by atoms with Gasteiger partial charge in [-0.1, -0.05) is 66.7 Å². The largest absolute Gasteiger partial charge is 0.491 e. The van der Waals surface area contributed by atoms with E-state index in [4.69, 9.17) is 14.2 Å². The van der Waals surface area contributed by atoms with Crippen molar-refractivity contribution in [2.24, 2.45) is 0 Å². The molecule has 0 aliphatic carbocycles. The molecule has 1 aliphatic heterocycles. The van der Waals surface area contributed by atoms with E-state index in [0.717, 1.165) is 16.7 Å². The molecule has 2 N–H and O–H groups in total. The number of carbonyl (C=O) groups excluding carboxylic acids is 2. The summed E-state index contributed by atoms with van der Waals surface area (Å²) in [6, 6.07) is 23.1. The van der Waals surface area contributed by atoms with Crippen LogP contribution >= 0.6 is 0 Å². The molecule has 0 spiro atoms. The lowest BCUT2D eigenvalue weighted by molar-refractivity contribution is -0.162. The summed E-state index contributed by atoms with van der Waals surface area (Å²) in [5.74, 6) is -0.0215. The number of hydroxylamine groups is 2.